The molecule has 0 aliphatic heterocycles. The minimum atomic E-state index is 0.498. The van der Waals surface area contributed by atoms with E-state index in [2.05, 4.69) is 22.8 Å². The molecule has 1 saturated carbocycles. The van der Waals surface area contributed by atoms with Crippen molar-refractivity contribution in [1.82, 2.24) is 10.3 Å². The maximum atomic E-state index is 5.60. The number of para-hydroxylation sites is 2. The molecule has 0 saturated heterocycles. The Hall–Kier alpha value is -2.20. The third-order valence-electron chi connectivity index (χ3n) is 4.77. The summed E-state index contributed by atoms with van der Waals surface area (Å²) in [7, 11) is 0. The number of hydrogen-bond acceptors (Lipinski definition) is 2. The van der Waals surface area contributed by atoms with Crippen molar-refractivity contribution in [3.05, 3.63) is 48.5 Å². The summed E-state index contributed by atoms with van der Waals surface area (Å²) in [5, 5.41) is 9.87. The summed E-state index contributed by atoms with van der Waals surface area (Å²) in [6.07, 6.45) is 6.35. The van der Waals surface area contributed by atoms with Crippen molar-refractivity contribution in [1.29, 1.82) is 0 Å². The van der Waals surface area contributed by atoms with E-state index in [4.69, 9.17) is 17.2 Å². The Morgan fingerprint density at radius 2 is 1.46 bits per heavy atom. The number of aromatic nitrogens is 1. The third-order valence-corrected chi connectivity index (χ3v) is 4.99. The van der Waals surface area contributed by atoms with Crippen LogP contribution < -0.4 is 10.6 Å². The van der Waals surface area contributed by atoms with Crippen molar-refractivity contribution in [3.63, 3.8) is 0 Å². The van der Waals surface area contributed by atoms with Gasteiger partial charge in [-0.05, 0) is 37.2 Å². The summed E-state index contributed by atoms with van der Waals surface area (Å²) in [5.74, 6) is 0. The van der Waals surface area contributed by atoms with Crippen LogP contribution in [-0.4, -0.2) is 16.1 Å². The van der Waals surface area contributed by atoms with Crippen LogP contribution in [0.1, 0.15) is 32.1 Å². The lowest BCUT2D eigenvalue weighted by Gasteiger charge is -2.25. The topological polar surface area (TPSA) is 37.0 Å². The van der Waals surface area contributed by atoms with E-state index in [-0.39, 0.29) is 0 Å². The number of anilines is 1. The van der Waals surface area contributed by atoms with E-state index >= 15 is 0 Å². The zero-order chi connectivity index (χ0) is 16.4. The number of nitrogens with one attached hydrogen (secondary N) is 2. The summed E-state index contributed by atoms with van der Waals surface area (Å²) in [6.45, 7) is 0. The lowest BCUT2D eigenvalue weighted by atomic mass is 9.96. The van der Waals surface area contributed by atoms with Gasteiger partial charge in [-0.1, -0.05) is 55.7 Å². The van der Waals surface area contributed by atoms with Crippen LogP contribution >= 0.6 is 12.2 Å². The number of rotatable bonds is 2. The number of hydrogen-bond donors (Lipinski definition) is 2. The van der Waals surface area contributed by atoms with E-state index in [1.54, 1.807) is 0 Å². The van der Waals surface area contributed by atoms with Gasteiger partial charge in [0.2, 0.25) is 0 Å². The van der Waals surface area contributed by atoms with Gasteiger partial charge in [-0.3, -0.25) is 0 Å². The van der Waals surface area contributed by atoms with E-state index in [9.17, 15) is 0 Å². The Bertz CT molecular complexity index is 830. The molecule has 2 N–H and O–H groups in total. The van der Waals surface area contributed by atoms with Crippen LogP contribution in [0.15, 0.2) is 48.5 Å². The fraction of sp³-hybridized carbons (Fsp3) is 0.300. The maximum absolute atomic E-state index is 5.60. The zero-order valence-corrected chi connectivity index (χ0v) is 14.4. The summed E-state index contributed by atoms with van der Waals surface area (Å²) >= 11 is 5.60. The molecule has 24 heavy (non-hydrogen) atoms. The van der Waals surface area contributed by atoms with Gasteiger partial charge >= 0.3 is 0 Å². The van der Waals surface area contributed by atoms with Crippen LogP contribution in [0.2, 0.25) is 0 Å². The average Bonchev–Trinajstić information content (AvgIpc) is 2.62. The Morgan fingerprint density at radius 1 is 0.875 bits per heavy atom. The van der Waals surface area contributed by atoms with Crippen LogP contribution in [0.5, 0.6) is 0 Å². The van der Waals surface area contributed by atoms with Crippen LogP contribution in [0.4, 0.5) is 5.69 Å². The lowest BCUT2D eigenvalue weighted by molar-refractivity contribution is 0.415. The van der Waals surface area contributed by atoms with Crippen LogP contribution in [0.3, 0.4) is 0 Å². The van der Waals surface area contributed by atoms with E-state index in [1.807, 2.05) is 36.4 Å². The van der Waals surface area contributed by atoms with Gasteiger partial charge in [0.1, 0.15) is 0 Å². The second-order valence-electron chi connectivity index (χ2n) is 6.45. The van der Waals surface area contributed by atoms with Crippen molar-refractivity contribution in [2.24, 2.45) is 0 Å². The highest BCUT2D eigenvalue weighted by atomic mass is 32.1. The van der Waals surface area contributed by atoms with Gasteiger partial charge in [-0.15, -0.1) is 0 Å². The number of nitrogens with zero attached hydrogens (tertiary/aromatic N) is 1. The van der Waals surface area contributed by atoms with Gasteiger partial charge in [-0.2, -0.15) is 0 Å². The molecule has 2 aromatic carbocycles. The summed E-state index contributed by atoms with van der Waals surface area (Å²) in [4.78, 5) is 4.76. The van der Waals surface area contributed by atoms with Gasteiger partial charge in [0.05, 0.1) is 16.7 Å². The van der Waals surface area contributed by atoms with E-state index in [1.165, 1.54) is 32.1 Å². The second-order valence-corrected chi connectivity index (χ2v) is 6.86. The monoisotopic (exact) mass is 335 g/mol. The molecule has 0 spiro atoms. The molecule has 0 radical (unpaired) electrons. The molecule has 1 fully saturated rings. The van der Waals surface area contributed by atoms with Gasteiger partial charge < -0.3 is 10.6 Å². The highest BCUT2D eigenvalue weighted by Crippen LogP contribution is 2.30. The van der Waals surface area contributed by atoms with Gasteiger partial charge in [0, 0.05) is 16.8 Å². The highest BCUT2D eigenvalue weighted by molar-refractivity contribution is 7.80. The van der Waals surface area contributed by atoms with Crippen molar-refractivity contribution in [3.8, 4) is 0 Å². The summed E-state index contributed by atoms with van der Waals surface area (Å²) in [6, 6.07) is 16.9. The van der Waals surface area contributed by atoms with E-state index < -0.39 is 0 Å². The maximum Gasteiger partial charge on any atom is 0.171 e. The first kappa shape index (κ1) is 15.3. The molecule has 4 rings (SSSR count). The Morgan fingerprint density at radius 3 is 2.08 bits per heavy atom. The Balaban J connectivity index is 1.69. The molecule has 3 nitrogen and oxygen atoms in total. The van der Waals surface area contributed by atoms with Gasteiger partial charge in [0.25, 0.3) is 0 Å². The number of benzene rings is 2. The summed E-state index contributed by atoms with van der Waals surface area (Å²) in [5.41, 5.74) is 3.02. The molecule has 1 aliphatic rings. The molecule has 0 unspecified atom stereocenters. The third kappa shape index (κ3) is 3.06. The molecular weight excluding hydrogens is 314 g/mol. The minimum absolute atomic E-state index is 0.498. The zero-order valence-electron chi connectivity index (χ0n) is 13.6. The highest BCUT2D eigenvalue weighted by Gasteiger charge is 2.15. The lowest BCUT2D eigenvalue weighted by Crippen LogP contribution is -2.38. The fourth-order valence-electron chi connectivity index (χ4n) is 3.56. The molecule has 0 amide bonds. The van der Waals surface area contributed by atoms with Gasteiger partial charge in [0.15, 0.2) is 5.11 Å². The molecular formula is C20H21N3S. The molecule has 4 heteroatoms. The standard InChI is InChI=1S/C20H21N3S/c24-20(21-14-8-2-1-3-9-14)23-19-15-10-4-6-12-17(15)22-18-13-7-5-11-16(18)19/h4-7,10-14H,1-3,8-9H2,(H2,21,22,23,24). The molecule has 1 aliphatic carbocycles. The number of fused-ring (bicyclic) bond motifs is 2. The smallest absolute Gasteiger partial charge is 0.171 e. The first-order valence-electron chi connectivity index (χ1n) is 8.66. The Kier molecular flexibility index (Phi) is 4.30. The number of thiocarbonyl (C=S) groups is 1. The molecule has 0 atom stereocenters. The second kappa shape index (κ2) is 6.73. The predicted octanol–water partition coefficient (Wildman–Crippen LogP) is 5.01. The summed E-state index contributed by atoms with van der Waals surface area (Å²) < 4.78 is 0. The molecule has 122 valence electrons. The number of pyridine rings is 1. The normalized spacial score (nSPS) is 15.5. The first-order valence-corrected chi connectivity index (χ1v) is 9.07. The van der Waals surface area contributed by atoms with E-state index in [0.717, 1.165) is 27.5 Å². The van der Waals surface area contributed by atoms with Gasteiger partial charge in [-0.25, -0.2) is 4.98 Å². The van der Waals surface area contributed by atoms with Crippen molar-refractivity contribution in [2.45, 2.75) is 38.1 Å². The molecule has 3 aromatic rings. The largest absolute Gasteiger partial charge is 0.360 e. The van der Waals surface area contributed by atoms with Crippen LogP contribution in [0, 0.1) is 0 Å². The quantitative estimate of drug-likeness (QED) is 0.510. The van der Waals surface area contributed by atoms with Crippen LogP contribution in [-0.2, 0) is 0 Å². The Labute approximate surface area is 147 Å². The average molecular weight is 335 g/mol. The molecule has 1 heterocycles. The molecule has 0 bridgehead atoms. The van der Waals surface area contributed by atoms with E-state index in [0.29, 0.717) is 11.2 Å². The fourth-order valence-corrected chi connectivity index (χ4v) is 3.83. The van der Waals surface area contributed by atoms with Crippen LogP contribution in [0.25, 0.3) is 21.8 Å². The predicted molar refractivity (Wildman–Crippen MR) is 105 cm³/mol. The first-order chi connectivity index (χ1) is 11.8. The molecule has 1 aromatic heterocycles. The SMILES string of the molecule is S=C(Nc1c2ccccc2nc2ccccc12)NC1CCCCC1. The van der Waals surface area contributed by atoms with Crippen molar-refractivity contribution in [2.75, 3.05) is 5.32 Å². The van der Waals surface area contributed by atoms with Crippen molar-refractivity contribution < 1.29 is 0 Å². The van der Waals surface area contributed by atoms with Crippen molar-refractivity contribution >= 4 is 44.8 Å². The minimum Gasteiger partial charge on any atom is -0.360 e.